The molecule has 0 saturated carbocycles. The second-order valence-electron chi connectivity index (χ2n) is 3.77. The van der Waals surface area contributed by atoms with E-state index in [0.717, 1.165) is 19.5 Å². The van der Waals surface area contributed by atoms with Crippen molar-refractivity contribution in [3.05, 3.63) is 0 Å². The topological polar surface area (TPSA) is 61.4 Å². The highest BCUT2D eigenvalue weighted by Crippen LogP contribution is 2.11. The van der Waals surface area contributed by atoms with E-state index >= 15 is 0 Å². The molecule has 0 aromatic rings. The van der Waals surface area contributed by atoms with Crippen LogP contribution < -0.4 is 10.6 Å². The molecule has 78 valence electrons. The quantitative estimate of drug-likeness (QED) is 0.549. The fourth-order valence-electron chi connectivity index (χ4n) is 1.99. The molecule has 2 aliphatic heterocycles. The third-order valence-electron chi connectivity index (χ3n) is 2.77. The van der Waals surface area contributed by atoms with Crippen LogP contribution in [0.4, 0.5) is 0 Å². The average Bonchev–Trinajstić information content (AvgIpc) is 2.61. The Kier molecular flexibility index (Phi) is 2.67. The van der Waals surface area contributed by atoms with Crippen molar-refractivity contribution in [3.63, 3.8) is 0 Å². The molecule has 0 bridgehead atoms. The first-order valence-corrected chi connectivity index (χ1v) is 5.04. The third-order valence-corrected chi connectivity index (χ3v) is 2.77. The van der Waals surface area contributed by atoms with E-state index in [-0.39, 0.29) is 24.4 Å². The highest BCUT2D eigenvalue weighted by Gasteiger charge is 2.29. The van der Waals surface area contributed by atoms with E-state index in [1.807, 2.05) is 0 Å². The summed E-state index contributed by atoms with van der Waals surface area (Å²) in [6, 6.07) is 0.214. The number of nitrogens with zero attached hydrogens (tertiary/aromatic N) is 1. The lowest BCUT2D eigenvalue weighted by Gasteiger charge is -2.25. The summed E-state index contributed by atoms with van der Waals surface area (Å²) in [5.74, 6) is 0.0554. The monoisotopic (exact) mass is 197 g/mol. The molecule has 5 nitrogen and oxygen atoms in total. The normalized spacial score (nSPS) is 28.9. The van der Waals surface area contributed by atoms with Gasteiger partial charge in [0.05, 0.1) is 6.54 Å². The van der Waals surface area contributed by atoms with Gasteiger partial charge in [-0.25, -0.2) is 0 Å². The highest BCUT2D eigenvalue weighted by molar-refractivity contribution is 5.87. The molecule has 1 unspecified atom stereocenters. The summed E-state index contributed by atoms with van der Waals surface area (Å²) in [7, 11) is 0. The number of nitrogens with one attached hydrogen (secondary N) is 2. The molecule has 14 heavy (non-hydrogen) atoms. The Balaban J connectivity index is 2.05. The summed E-state index contributed by atoms with van der Waals surface area (Å²) in [6.07, 6.45) is 1.39. The molecule has 1 atom stereocenters. The van der Waals surface area contributed by atoms with Gasteiger partial charge in [-0.15, -0.1) is 0 Å². The van der Waals surface area contributed by atoms with Crippen molar-refractivity contribution in [2.75, 3.05) is 26.2 Å². The predicted molar refractivity (Wildman–Crippen MR) is 50.6 cm³/mol. The van der Waals surface area contributed by atoms with Gasteiger partial charge < -0.3 is 15.5 Å². The molecule has 0 aromatic heterocycles. The van der Waals surface area contributed by atoms with Gasteiger partial charge in [-0.3, -0.25) is 9.59 Å². The van der Waals surface area contributed by atoms with E-state index in [1.165, 1.54) is 0 Å². The number of hydrogen-bond acceptors (Lipinski definition) is 3. The van der Waals surface area contributed by atoms with Crippen molar-refractivity contribution < 1.29 is 9.59 Å². The summed E-state index contributed by atoms with van der Waals surface area (Å²) in [5.41, 5.74) is 0. The lowest BCUT2D eigenvalue weighted by Crippen LogP contribution is -2.44. The van der Waals surface area contributed by atoms with Gasteiger partial charge in [0.1, 0.15) is 0 Å². The Morgan fingerprint density at radius 1 is 1.29 bits per heavy atom. The molecule has 2 amide bonds. The minimum atomic E-state index is -0.0391. The van der Waals surface area contributed by atoms with Gasteiger partial charge in [0, 0.05) is 25.6 Å². The van der Waals surface area contributed by atoms with Gasteiger partial charge in [-0.1, -0.05) is 0 Å². The van der Waals surface area contributed by atoms with Crippen LogP contribution in [0.1, 0.15) is 12.8 Å². The van der Waals surface area contributed by atoms with Crippen LogP contribution in [-0.2, 0) is 9.59 Å². The summed E-state index contributed by atoms with van der Waals surface area (Å²) < 4.78 is 0. The molecule has 5 heteroatoms. The van der Waals surface area contributed by atoms with Crippen LogP contribution in [0, 0.1) is 0 Å². The number of amides is 2. The first-order valence-electron chi connectivity index (χ1n) is 5.04. The molecular formula is C9H15N3O2. The van der Waals surface area contributed by atoms with Crippen LogP contribution in [0.5, 0.6) is 0 Å². The van der Waals surface area contributed by atoms with Crippen molar-refractivity contribution in [1.29, 1.82) is 0 Å². The van der Waals surface area contributed by atoms with Crippen LogP contribution in [0.2, 0.25) is 0 Å². The Bertz CT molecular complexity index is 248. The van der Waals surface area contributed by atoms with Crippen molar-refractivity contribution in [3.8, 4) is 0 Å². The molecule has 2 heterocycles. The van der Waals surface area contributed by atoms with Crippen LogP contribution >= 0.6 is 0 Å². The van der Waals surface area contributed by atoms with E-state index in [4.69, 9.17) is 0 Å². The fraction of sp³-hybridized carbons (Fsp3) is 0.778. The van der Waals surface area contributed by atoms with Gasteiger partial charge in [0.2, 0.25) is 11.8 Å². The van der Waals surface area contributed by atoms with Gasteiger partial charge in [0.25, 0.3) is 0 Å². The maximum Gasteiger partial charge on any atom is 0.239 e. The summed E-state index contributed by atoms with van der Waals surface area (Å²) in [5, 5.41) is 5.91. The lowest BCUT2D eigenvalue weighted by molar-refractivity contribution is -0.135. The van der Waals surface area contributed by atoms with E-state index in [9.17, 15) is 9.59 Å². The zero-order chi connectivity index (χ0) is 9.97. The van der Waals surface area contributed by atoms with E-state index in [0.29, 0.717) is 13.0 Å². The summed E-state index contributed by atoms with van der Waals surface area (Å²) >= 11 is 0. The van der Waals surface area contributed by atoms with Crippen LogP contribution in [0.15, 0.2) is 0 Å². The SMILES string of the molecule is O=C1CN(C2CCNC2)C(=O)CCN1. The third kappa shape index (κ3) is 1.87. The molecule has 2 aliphatic rings. The van der Waals surface area contributed by atoms with Gasteiger partial charge >= 0.3 is 0 Å². The second kappa shape index (κ2) is 3.96. The Morgan fingerprint density at radius 2 is 2.14 bits per heavy atom. The van der Waals surface area contributed by atoms with E-state index < -0.39 is 0 Å². The molecular weight excluding hydrogens is 182 g/mol. The predicted octanol–water partition coefficient (Wildman–Crippen LogP) is -1.30. The first-order chi connectivity index (χ1) is 6.77. The molecule has 2 saturated heterocycles. The minimum absolute atomic E-state index is 0.0391. The van der Waals surface area contributed by atoms with Crippen molar-refractivity contribution in [1.82, 2.24) is 15.5 Å². The van der Waals surface area contributed by atoms with Crippen LogP contribution in [-0.4, -0.2) is 48.9 Å². The number of carbonyl (C=O) groups is 2. The zero-order valence-electron chi connectivity index (χ0n) is 8.08. The summed E-state index contributed by atoms with van der Waals surface area (Å²) in [4.78, 5) is 24.6. The largest absolute Gasteiger partial charge is 0.354 e. The Hall–Kier alpha value is -1.10. The molecule has 2 fully saturated rings. The van der Waals surface area contributed by atoms with Crippen molar-refractivity contribution in [2.45, 2.75) is 18.9 Å². The molecule has 0 aromatic carbocycles. The summed E-state index contributed by atoms with van der Waals surface area (Å²) in [6.45, 7) is 2.47. The maximum absolute atomic E-state index is 11.7. The lowest BCUT2D eigenvalue weighted by atomic mass is 10.2. The number of carbonyl (C=O) groups excluding carboxylic acids is 2. The molecule has 0 radical (unpaired) electrons. The smallest absolute Gasteiger partial charge is 0.239 e. The average molecular weight is 197 g/mol. The van der Waals surface area contributed by atoms with Gasteiger partial charge in [-0.05, 0) is 13.0 Å². The fourth-order valence-corrected chi connectivity index (χ4v) is 1.99. The number of rotatable bonds is 1. The molecule has 0 spiro atoms. The van der Waals surface area contributed by atoms with Crippen LogP contribution in [0.25, 0.3) is 0 Å². The first kappa shape index (κ1) is 9.45. The standard InChI is InChI=1S/C9H15N3O2/c13-8-6-12(7-1-3-10-5-7)9(14)2-4-11-8/h7,10H,1-6H2,(H,11,13). The van der Waals surface area contributed by atoms with Crippen molar-refractivity contribution in [2.24, 2.45) is 0 Å². The molecule has 0 aliphatic carbocycles. The maximum atomic E-state index is 11.7. The van der Waals surface area contributed by atoms with Gasteiger partial charge in [0.15, 0.2) is 0 Å². The zero-order valence-corrected chi connectivity index (χ0v) is 8.08. The minimum Gasteiger partial charge on any atom is -0.354 e. The van der Waals surface area contributed by atoms with Crippen LogP contribution in [0.3, 0.4) is 0 Å². The van der Waals surface area contributed by atoms with E-state index in [1.54, 1.807) is 4.90 Å². The van der Waals surface area contributed by atoms with Gasteiger partial charge in [-0.2, -0.15) is 0 Å². The Morgan fingerprint density at radius 3 is 2.86 bits per heavy atom. The van der Waals surface area contributed by atoms with Crippen molar-refractivity contribution >= 4 is 11.8 Å². The van der Waals surface area contributed by atoms with E-state index in [2.05, 4.69) is 10.6 Å². The number of hydrogen-bond donors (Lipinski definition) is 2. The molecule has 2 N–H and O–H groups in total. The second-order valence-corrected chi connectivity index (χ2v) is 3.77. The molecule has 2 rings (SSSR count). The highest BCUT2D eigenvalue weighted by atomic mass is 16.2. The Labute approximate surface area is 82.8 Å².